The molecule has 0 atom stereocenters. The molecule has 0 N–H and O–H groups in total. The average Bonchev–Trinajstić information content (AvgIpc) is 0.726. The number of aryl methyl sites for hydroxylation is 4. The maximum atomic E-state index is 2.49. The molecule has 16 rings (SSSR count). The molecule has 0 nitrogen and oxygen atoms in total. The number of rotatable bonds is 20. The van der Waals surface area contributed by atoms with Crippen molar-refractivity contribution in [1.82, 2.24) is 0 Å². The fourth-order valence-electron chi connectivity index (χ4n) is 15.1. The number of hydrogen-bond donors (Lipinski definition) is 0. The molecule has 0 aliphatic heterocycles. The molecule has 0 heterocycles. The van der Waals surface area contributed by atoms with Gasteiger partial charge >= 0.3 is 629 Å². The topological polar surface area (TPSA) is 0 Å². The molecular formula is C108H84Sn. The first-order valence-electron chi connectivity index (χ1n) is 37.8. The Morgan fingerprint density at radius 1 is 0.156 bits per heavy atom. The molecule has 0 fully saturated rings. The van der Waals surface area contributed by atoms with Crippen LogP contribution in [0.5, 0.6) is 0 Å². The Kier molecular flexibility index (Phi) is 21.1. The standard InChI is InChI=1S/4C27H21.Sn/c4*1-21-12-14-22(15-13-21)20-27(25-10-6-3-7-11-25)26-18-16-24(17-19-26)23-8-4-2-5-9-23;/h4*2,4-20H,1H3;. The van der Waals surface area contributed by atoms with Crippen molar-refractivity contribution in [1.29, 1.82) is 0 Å². The monoisotopic (exact) mass is 1500 g/mol. The maximum absolute atomic E-state index is 4.72. The van der Waals surface area contributed by atoms with E-state index < -0.39 is 18.4 Å². The van der Waals surface area contributed by atoms with Gasteiger partial charge in [0.05, 0.1) is 0 Å². The van der Waals surface area contributed by atoms with Crippen LogP contribution in [0.4, 0.5) is 0 Å². The van der Waals surface area contributed by atoms with Crippen molar-refractivity contribution in [3.63, 3.8) is 0 Å². The van der Waals surface area contributed by atoms with E-state index in [1.807, 2.05) is 0 Å². The van der Waals surface area contributed by atoms with Gasteiger partial charge in [-0.25, -0.2) is 0 Å². The summed E-state index contributed by atoms with van der Waals surface area (Å²) in [5.74, 6) is 0. The zero-order chi connectivity index (χ0) is 73.9. The van der Waals surface area contributed by atoms with Gasteiger partial charge in [-0.15, -0.1) is 0 Å². The van der Waals surface area contributed by atoms with E-state index in [4.69, 9.17) is 0 Å². The molecule has 16 aromatic carbocycles. The molecule has 0 aliphatic rings. The van der Waals surface area contributed by atoms with Crippen LogP contribution in [0.3, 0.4) is 0 Å². The normalized spacial score (nSPS) is 12.5. The summed E-state index contributed by atoms with van der Waals surface area (Å²) in [5, 5.41) is 0. The molecule has 0 amide bonds. The van der Waals surface area contributed by atoms with Crippen LogP contribution in [-0.2, 0) is 0 Å². The van der Waals surface area contributed by atoms with Crippen molar-refractivity contribution in [3.05, 3.63) is 502 Å². The van der Waals surface area contributed by atoms with Gasteiger partial charge in [0, 0.05) is 0 Å². The predicted octanol–water partition coefficient (Wildman–Crippen LogP) is 25.3. The third-order valence-electron chi connectivity index (χ3n) is 21.3. The van der Waals surface area contributed by atoms with Crippen LogP contribution in [0, 0.1) is 27.7 Å². The van der Waals surface area contributed by atoms with Crippen molar-refractivity contribution < 1.29 is 0 Å². The van der Waals surface area contributed by atoms with Gasteiger partial charge in [-0.05, 0) is 0 Å². The quantitative estimate of drug-likeness (QED) is 0.0527. The minimum absolute atomic E-state index is 1.15. The van der Waals surface area contributed by atoms with Crippen LogP contribution in [0.2, 0.25) is 0 Å². The molecule has 0 saturated carbocycles. The van der Waals surface area contributed by atoms with E-state index in [2.05, 4.69) is 465 Å². The summed E-state index contributed by atoms with van der Waals surface area (Å²) in [5.41, 5.74) is 32.9. The third kappa shape index (κ3) is 16.0. The molecule has 109 heavy (non-hydrogen) atoms. The van der Waals surface area contributed by atoms with Crippen LogP contribution < -0.4 is 14.3 Å². The van der Waals surface area contributed by atoms with Crippen molar-refractivity contribution in [2.45, 2.75) is 27.7 Å². The Morgan fingerprint density at radius 2 is 0.303 bits per heavy atom. The average molecular weight is 1500 g/mol. The van der Waals surface area contributed by atoms with Gasteiger partial charge in [0.15, 0.2) is 0 Å². The van der Waals surface area contributed by atoms with E-state index >= 15 is 0 Å². The second-order valence-electron chi connectivity index (χ2n) is 28.7. The zero-order valence-electron chi connectivity index (χ0n) is 62.1. The third-order valence-corrected chi connectivity index (χ3v) is 35.0. The Morgan fingerprint density at radius 3 is 0.468 bits per heavy atom. The van der Waals surface area contributed by atoms with Crippen molar-refractivity contribution in [2.24, 2.45) is 0 Å². The summed E-state index contributed by atoms with van der Waals surface area (Å²) in [6.45, 7) is 8.63. The van der Waals surface area contributed by atoms with Crippen LogP contribution in [0.25, 0.3) is 91.1 Å². The van der Waals surface area contributed by atoms with E-state index in [9.17, 15) is 0 Å². The Bertz CT molecular complexity index is 5110. The summed E-state index contributed by atoms with van der Waals surface area (Å²) in [7, 11) is 0. The molecule has 1 heteroatoms. The van der Waals surface area contributed by atoms with Crippen LogP contribution in [0.1, 0.15) is 89.0 Å². The summed E-state index contributed by atoms with van der Waals surface area (Å²) in [6.07, 6.45) is 9.46. The fraction of sp³-hybridized carbons (Fsp3) is 0.0370. The van der Waals surface area contributed by atoms with E-state index in [1.54, 1.807) is 0 Å². The van der Waals surface area contributed by atoms with Gasteiger partial charge < -0.3 is 0 Å². The first-order chi connectivity index (χ1) is 53.6. The predicted molar refractivity (Wildman–Crippen MR) is 470 cm³/mol. The SMILES string of the molecule is Cc1ccc(C=C(c2ccc(-c3ccccc3)cc2)c2cc[c]([Sn]([c]3ccc(C(=Cc4ccc(C)cc4)c4ccc(-c5ccccc5)cc4)cc3)([c]3ccc(C(=Cc4ccc(C)cc4)c4ccc(-c5ccccc5)cc4)cc3)[c]3ccc(C(=Cc4ccc(C)cc4)c4ccc(-c5ccccc5)cc4)cc3)cc2)cc1. The van der Waals surface area contributed by atoms with Crippen LogP contribution in [0.15, 0.2) is 413 Å². The second kappa shape index (κ2) is 32.6. The minimum atomic E-state index is -4.72. The molecule has 0 spiro atoms. The van der Waals surface area contributed by atoms with Gasteiger partial charge in [-0.3, -0.25) is 0 Å². The molecule has 520 valence electrons. The molecule has 0 saturated heterocycles. The summed E-state index contributed by atoms with van der Waals surface area (Å²) in [6, 6.07) is 154. The van der Waals surface area contributed by atoms with Crippen molar-refractivity contribution >= 4 is 79.3 Å². The molecular weight excluding hydrogens is 1420 g/mol. The molecule has 0 aromatic heterocycles. The molecule has 0 aliphatic carbocycles. The Hall–Kier alpha value is -12.7. The Balaban J connectivity index is 0.910. The van der Waals surface area contributed by atoms with Gasteiger partial charge in [-0.2, -0.15) is 0 Å². The molecule has 0 bridgehead atoms. The second-order valence-corrected chi connectivity index (χ2v) is 39.6. The Labute approximate surface area is 648 Å². The van der Waals surface area contributed by atoms with Crippen LogP contribution in [-0.4, -0.2) is 18.4 Å². The van der Waals surface area contributed by atoms with Crippen LogP contribution >= 0.6 is 0 Å². The van der Waals surface area contributed by atoms with Gasteiger partial charge in [-0.1, -0.05) is 24.3 Å². The molecule has 16 aromatic rings. The first-order valence-corrected chi connectivity index (χ1v) is 43.5. The van der Waals surface area contributed by atoms with Gasteiger partial charge in [0.1, 0.15) is 0 Å². The zero-order valence-corrected chi connectivity index (χ0v) is 64.9. The summed E-state index contributed by atoms with van der Waals surface area (Å²) < 4.78 is 5.36. The molecule has 0 unspecified atom stereocenters. The van der Waals surface area contributed by atoms with Gasteiger partial charge in [0.25, 0.3) is 0 Å². The number of hydrogen-bond acceptors (Lipinski definition) is 0. The summed E-state index contributed by atoms with van der Waals surface area (Å²) >= 11 is -4.72. The number of benzene rings is 16. The summed E-state index contributed by atoms with van der Waals surface area (Å²) in [4.78, 5) is 0. The fourth-order valence-corrected chi connectivity index (χ4v) is 28.5. The van der Waals surface area contributed by atoms with E-state index in [0.717, 1.165) is 89.1 Å². The molecule has 0 radical (unpaired) electrons. The van der Waals surface area contributed by atoms with E-state index in [1.165, 1.54) is 81.1 Å². The van der Waals surface area contributed by atoms with Crippen molar-refractivity contribution in [2.75, 3.05) is 0 Å². The van der Waals surface area contributed by atoms with E-state index in [-0.39, 0.29) is 0 Å². The van der Waals surface area contributed by atoms with Crippen molar-refractivity contribution in [3.8, 4) is 44.5 Å². The van der Waals surface area contributed by atoms with Gasteiger partial charge in [0.2, 0.25) is 0 Å². The first kappa shape index (κ1) is 70.6. The van der Waals surface area contributed by atoms with E-state index in [0.29, 0.717) is 0 Å².